The number of aromatic carboxylic acids is 1. The van der Waals surface area contributed by atoms with Crippen LogP contribution < -0.4 is 4.90 Å². The van der Waals surface area contributed by atoms with Crippen molar-refractivity contribution in [1.29, 1.82) is 0 Å². The van der Waals surface area contributed by atoms with Crippen LogP contribution in [0, 0.1) is 16.0 Å². The molecule has 0 radical (unpaired) electrons. The van der Waals surface area contributed by atoms with Crippen LogP contribution >= 0.6 is 0 Å². The third-order valence-electron chi connectivity index (χ3n) is 3.88. The zero-order valence-electron chi connectivity index (χ0n) is 11.0. The lowest BCUT2D eigenvalue weighted by molar-refractivity contribution is -0.385. The molecule has 0 spiro atoms. The lowest BCUT2D eigenvalue weighted by Crippen LogP contribution is -2.28. The number of benzene rings is 1. The van der Waals surface area contributed by atoms with Gasteiger partial charge in [-0.15, -0.1) is 0 Å². The number of nitrogens with zero attached hydrogens (tertiary/aromatic N) is 2. The standard InChI is InChI=1S/C14H16N2O4/c17-14(18)12-6-5-11(7-13(12)16(19)20)15(10-3-4-10)8-9-1-2-9/h5-7,9-10H,1-4,8H2,(H,17,18). The van der Waals surface area contributed by atoms with Crippen molar-refractivity contribution in [2.24, 2.45) is 5.92 Å². The van der Waals surface area contributed by atoms with Gasteiger partial charge in [0.2, 0.25) is 0 Å². The van der Waals surface area contributed by atoms with Crippen LogP contribution in [0.2, 0.25) is 0 Å². The molecule has 1 N–H and O–H groups in total. The van der Waals surface area contributed by atoms with Crippen LogP contribution in [0.5, 0.6) is 0 Å². The first-order chi connectivity index (χ1) is 9.56. The second-order valence-electron chi connectivity index (χ2n) is 5.59. The molecule has 1 aromatic carbocycles. The Hall–Kier alpha value is -2.11. The van der Waals surface area contributed by atoms with Gasteiger partial charge in [-0.3, -0.25) is 10.1 Å². The molecule has 0 unspecified atom stereocenters. The summed E-state index contributed by atoms with van der Waals surface area (Å²) in [7, 11) is 0. The number of carbonyl (C=O) groups is 1. The van der Waals surface area contributed by atoms with Crippen LogP contribution in [0.25, 0.3) is 0 Å². The first kappa shape index (κ1) is 12.9. The maximum absolute atomic E-state index is 11.0. The summed E-state index contributed by atoms with van der Waals surface area (Å²) in [5, 5.41) is 20.0. The SMILES string of the molecule is O=C(O)c1ccc(N(CC2CC2)C2CC2)cc1[N+](=O)[O-]. The van der Waals surface area contributed by atoms with Crippen molar-refractivity contribution in [2.45, 2.75) is 31.7 Å². The second-order valence-corrected chi connectivity index (χ2v) is 5.59. The van der Waals surface area contributed by atoms with Gasteiger partial charge < -0.3 is 10.0 Å². The number of carboxylic acid groups (broad SMARTS) is 1. The highest BCUT2D eigenvalue weighted by molar-refractivity contribution is 5.93. The van der Waals surface area contributed by atoms with Crippen LogP contribution in [0.15, 0.2) is 18.2 Å². The summed E-state index contributed by atoms with van der Waals surface area (Å²) >= 11 is 0. The summed E-state index contributed by atoms with van der Waals surface area (Å²) < 4.78 is 0. The molecular weight excluding hydrogens is 260 g/mol. The molecule has 106 valence electrons. The molecule has 3 rings (SSSR count). The third kappa shape index (κ3) is 2.59. The molecular formula is C14H16N2O4. The Balaban J connectivity index is 1.93. The fraction of sp³-hybridized carbons (Fsp3) is 0.500. The Labute approximate surface area is 116 Å². The zero-order chi connectivity index (χ0) is 14.3. The molecule has 0 saturated heterocycles. The Kier molecular flexibility index (Phi) is 3.08. The number of anilines is 1. The predicted octanol–water partition coefficient (Wildman–Crippen LogP) is 2.67. The molecule has 0 heterocycles. The van der Waals surface area contributed by atoms with Gasteiger partial charge in [-0.05, 0) is 43.7 Å². The van der Waals surface area contributed by atoms with Gasteiger partial charge in [-0.2, -0.15) is 0 Å². The third-order valence-corrected chi connectivity index (χ3v) is 3.88. The highest BCUT2D eigenvalue weighted by Crippen LogP contribution is 2.39. The summed E-state index contributed by atoms with van der Waals surface area (Å²) in [5.41, 5.74) is 0.202. The van der Waals surface area contributed by atoms with Gasteiger partial charge in [-0.25, -0.2) is 4.79 Å². The first-order valence-electron chi connectivity index (χ1n) is 6.84. The van der Waals surface area contributed by atoms with Crippen molar-refractivity contribution in [3.63, 3.8) is 0 Å². The van der Waals surface area contributed by atoms with Crippen LogP contribution in [0.1, 0.15) is 36.0 Å². The van der Waals surface area contributed by atoms with E-state index in [2.05, 4.69) is 4.90 Å². The number of nitro benzene ring substituents is 1. The van der Waals surface area contributed by atoms with Crippen LogP contribution in [0.4, 0.5) is 11.4 Å². The number of hydrogen-bond acceptors (Lipinski definition) is 4. The van der Waals surface area contributed by atoms with Gasteiger partial charge in [0.15, 0.2) is 0 Å². The lowest BCUT2D eigenvalue weighted by Gasteiger charge is -2.24. The average Bonchev–Trinajstić information content (AvgIpc) is 3.26. The maximum Gasteiger partial charge on any atom is 0.342 e. The van der Waals surface area contributed by atoms with Gasteiger partial charge in [0, 0.05) is 24.3 Å². The number of hydrogen-bond donors (Lipinski definition) is 1. The molecule has 0 aliphatic heterocycles. The van der Waals surface area contributed by atoms with E-state index in [1.54, 1.807) is 6.07 Å². The van der Waals surface area contributed by atoms with Crippen LogP contribution in [0.3, 0.4) is 0 Å². The van der Waals surface area contributed by atoms with E-state index in [1.807, 2.05) is 0 Å². The van der Waals surface area contributed by atoms with E-state index >= 15 is 0 Å². The van der Waals surface area contributed by atoms with E-state index in [1.165, 1.54) is 25.0 Å². The first-order valence-corrected chi connectivity index (χ1v) is 6.84. The minimum Gasteiger partial charge on any atom is -0.477 e. The molecule has 2 aliphatic carbocycles. The second kappa shape index (κ2) is 4.77. The van der Waals surface area contributed by atoms with E-state index in [9.17, 15) is 14.9 Å². The number of carboxylic acids is 1. The Morgan fingerprint density at radius 2 is 2.05 bits per heavy atom. The Morgan fingerprint density at radius 1 is 1.35 bits per heavy atom. The van der Waals surface area contributed by atoms with Gasteiger partial charge in [-0.1, -0.05) is 0 Å². The van der Waals surface area contributed by atoms with Gasteiger partial charge in [0.1, 0.15) is 5.56 Å². The summed E-state index contributed by atoms with van der Waals surface area (Å²) in [6.07, 6.45) is 4.67. The average molecular weight is 276 g/mol. The van der Waals surface area contributed by atoms with E-state index in [4.69, 9.17) is 5.11 Å². The molecule has 0 atom stereocenters. The molecule has 6 heteroatoms. The normalized spacial score (nSPS) is 17.8. The molecule has 2 saturated carbocycles. The molecule has 1 aromatic rings. The van der Waals surface area contributed by atoms with Gasteiger partial charge in [0.25, 0.3) is 5.69 Å². The van der Waals surface area contributed by atoms with Crippen molar-refractivity contribution in [1.82, 2.24) is 0 Å². The Morgan fingerprint density at radius 3 is 2.55 bits per heavy atom. The minimum atomic E-state index is -1.26. The Bertz CT molecular complexity index is 564. The fourth-order valence-corrected chi connectivity index (χ4v) is 2.46. The van der Waals surface area contributed by atoms with Crippen molar-refractivity contribution < 1.29 is 14.8 Å². The summed E-state index contributed by atoms with van der Waals surface area (Å²) in [6.45, 7) is 0.925. The van der Waals surface area contributed by atoms with Crippen molar-refractivity contribution in [3.05, 3.63) is 33.9 Å². The molecule has 20 heavy (non-hydrogen) atoms. The highest BCUT2D eigenvalue weighted by Gasteiger charge is 2.34. The van der Waals surface area contributed by atoms with E-state index in [0.717, 1.165) is 25.1 Å². The smallest absolute Gasteiger partial charge is 0.342 e. The quantitative estimate of drug-likeness (QED) is 0.638. The molecule has 6 nitrogen and oxygen atoms in total. The van der Waals surface area contributed by atoms with Gasteiger partial charge in [0.05, 0.1) is 4.92 Å². The predicted molar refractivity (Wildman–Crippen MR) is 73.1 cm³/mol. The highest BCUT2D eigenvalue weighted by atomic mass is 16.6. The van der Waals surface area contributed by atoms with E-state index < -0.39 is 10.9 Å². The number of rotatable bonds is 6. The van der Waals surface area contributed by atoms with Crippen LogP contribution in [-0.4, -0.2) is 28.6 Å². The lowest BCUT2D eigenvalue weighted by atomic mass is 10.1. The van der Waals surface area contributed by atoms with E-state index in [-0.39, 0.29) is 11.3 Å². The molecule has 0 amide bonds. The van der Waals surface area contributed by atoms with Crippen molar-refractivity contribution >= 4 is 17.3 Å². The molecule has 2 fully saturated rings. The summed E-state index contributed by atoms with van der Waals surface area (Å²) in [5.74, 6) is -0.572. The molecule has 0 aromatic heterocycles. The monoisotopic (exact) mass is 276 g/mol. The summed E-state index contributed by atoms with van der Waals surface area (Å²) in [6, 6.07) is 4.91. The van der Waals surface area contributed by atoms with Crippen molar-refractivity contribution in [3.8, 4) is 0 Å². The minimum absolute atomic E-state index is 0.249. The molecule has 2 aliphatic rings. The number of nitro groups is 1. The molecule has 0 bridgehead atoms. The van der Waals surface area contributed by atoms with E-state index in [0.29, 0.717) is 12.0 Å². The van der Waals surface area contributed by atoms with Crippen LogP contribution in [-0.2, 0) is 0 Å². The summed E-state index contributed by atoms with van der Waals surface area (Å²) in [4.78, 5) is 23.7. The largest absolute Gasteiger partial charge is 0.477 e. The zero-order valence-corrected chi connectivity index (χ0v) is 11.0. The maximum atomic E-state index is 11.0. The van der Waals surface area contributed by atoms with Gasteiger partial charge >= 0.3 is 5.97 Å². The van der Waals surface area contributed by atoms with Crippen molar-refractivity contribution in [2.75, 3.05) is 11.4 Å². The topological polar surface area (TPSA) is 83.7 Å². The fourth-order valence-electron chi connectivity index (χ4n) is 2.46.